The molecule has 1 saturated heterocycles. The van der Waals surface area contributed by atoms with Crippen molar-refractivity contribution in [3.8, 4) is 0 Å². The van der Waals surface area contributed by atoms with E-state index in [9.17, 15) is 19.2 Å². The van der Waals surface area contributed by atoms with Gasteiger partial charge in [-0.15, -0.1) is 0 Å². The fraction of sp³-hybridized carbons (Fsp3) is 0.474. The van der Waals surface area contributed by atoms with Crippen molar-refractivity contribution in [3.63, 3.8) is 0 Å². The van der Waals surface area contributed by atoms with Gasteiger partial charge in [0, 0.05) is 19.1 Å². The number of nitrogens with zero attached hydrogens (tertiary/aromatic N) is 3. The second-order valence-corrected chi connectivity index (χ2v) is 6.74. The lowest BCUT2D eigenvalue weighted by Crippen LogP contribution is -2.44. The van der Waals surface area contributed by atoms with Gasteiger partial charge >= 0.3 is 17.8 Å². The first-order chi connectivity index (χ1) is 12.3. The third-order valence-corrected chi connectivity index (χ3v) is 4.23. The van der Waals surface area contributed by atoms with Gasteiger partial charge in [-0.25, -0.2) is 9.69 Å². The highest BCUT2D eigenvalue weighted by molar-refractivity contribution is 6.45. The van der Waals surface area contributed by atoms with E-state index in [1.165, 1.54) is 0 Å². The summed E-state index contributed by atoms with van der Waals surface area (Å²) >= 11 is 0. The summed E-state index contributed by atoms with van der Waals surface area (Å²) in [6.07, 6.45) is 0.747. The molecule has 1 aromatic carbocycles. The Balaban J connectivity index is 2.12. The molecule has 0 aliphatic carbocycles. The summed E-state index contributed by atoms with van der Waals surface area (Å²) in [6.45, 7) is 7.71. The Kier molecular flexibility index (Phi) is 6.13. The molecule has 5 amide bonds. The van der Waals surface area contributed by atoms with E-state index in [1.807, 2.05) is 38.1 Å². The van der Waals surface area contributed by atoms with E-state index in [0.717, 1.165) is 27.3 Å². The van der Waals surface area contributed by atoms with Crippen LogP contribution in [0.1, 0.15) is 38.3 Å². The summed E-state index contributed by atoms with van der Waals surface area (Å²) in [6, 6.07) is 6.67. The van der Waals surface area contributed by atoms with Crippen LogP contribution in [0.15, 0.2) is 24.3 Å². The van der Waals surface area contributed by atoms with E-state index < -0.39 is 30.4 Å². The third-order valence-electron chi connectivity index (χ3n) is 4.23. The van der Waals surface area contributed by atoms with Crippen LogP contribution >= 0.6 is 0 Å². The molecule has 7 nitrogen and oxygen atoms in total. The second-order valence-electron chi connectivity index (χ2n) is 6.74. The van der Waals surface area contributed by atoms with E-state index in [1.54, 1.807) is 18.7 Å². The zero-order valence-corrected chi connectivity index (χ0v) is 15.7. The van der Waals surface area contributed by atoms with Gasteiger partial charge in [-0.3, -0.25) is 19.3 Å². The molecule has 2 rings (SSSR count). The first kappa shape index (κ1) is 19.6. The van der Waals surface area contributed by atoms with E-state index >= 15 is 0 Å². The normalized spacial score (nSPS) is 14.6. The van der Waals surface area contributed by atoms with Crippen molar-refractivity contribution in [2.75, 3.05) is 13.1 Å². The smallest absolute Gasteiger partial charge is 0.334 e. The molecule has 1 aliphatic heterocycles. The van der Waals surface area contributed by atoms with E-state index in [-0.39, 0.29) is 5.91 Å². The predicted molar refractivity (Wildman–Crippen MR) is 96.0 cm³/mol. The number of aryl methyl sites for hydroxylation is 1. The Hall–Kier alpha value is -2.70. The molecule has 0 aromatic heterocycles. The van der Waals surface area contributed by atoms with Crippen LogP contribution in [0.2, 0.25) is 0 Å². The van der Waals surface area contributed by atoms with Crippen LogP contribution in [0.3, 0.4) is 0 Å². The summed E-state index contributed by atoms with van der Waals surface area (Å²) in [7, 11) is 0. The van der Waals surface area contributed by atoms with E-state index in [4.69, 9.17) is 0 Å². The van der Waals surface area contributed by atoms with Gasteiger partial charge in [-0.2, -0.15) is 0 Å². The van der Waals surface area contributed by atoms with Crippen molar-refractivity contribution in [3.05, 3.63) is 35.4 Å². The molecule has 0 bridgehead atoms. The summed E-state index contributed by atoms with van der Waals surface area (Å²) in [5, 5.41) is 0. The lowest BCUT2D eigenvalue weighted by atomic mass is 10.1. The first-order valence-electron chi connectivity index (χ1n) is 8.78. The van der Waals surface area contributed by atoms with E-state index in [0.29, 0.717) is 13.1 Å². The van der Waals surface area contributed by atoms with Crippen molar-refractivity contribution < 1.29 is 19.2 Å². The highest BCUT2D eigenvalue weighted by Gasteiger charge is 2.46. The molecular formula is C19H25N3O4. The molecule has 0 unspecified atom stereocenters. The van der Waals surface area contributed by atoms with Gasteiger partial charge in [-0.1, -0.05) is 36.8 Å². The quantitative estimate of drug-likeness (QED) is 0.550. The fourth-order valence-electron chi connectivity index (χ4n) is 2.83. The molecule has 0 spiro atoms. The second kappa shape index (κ2) is 8.12. The third kappa shape index (κ3) is 4.09. The highest BCUT2D eigenvalue weighted by Crippen LogP contribution is 2.16. The first-order valence-corrected chi connectivity index (χ1v) is 8.78. The van der Waals surface area contributed by atoms with Gasteiger partial charge < -0.3 is 4.90 Å². The molecule has 140 valence electrons. The Morgan fingerprint density at radius 3 is 2.19 bits per heavy atom. The fourth-order valence-corrected chi connectivity index (χ4v) is 2.83. The van der Waals surface area contributed by atoms with Gasteiger partial charge in [-0.05, 0) is 32.8 Å². The van der Waals surface area contributed by atoms with Crippen LogP contribution in [0.5, 0.6) is 0 Å². The molecule has 1 fully saturated rings. The molecule has 1 aliphatic rings. The number of amides is 5. The Labute approximate surface area is 153 Å². The van der Waals surface area contributed by atoms with Crippen molar-refractivity contribution in [2.24, 2.45) is 0 Å². The Bertz CT molecular complexity index is 712. The standard InChI is InChI=1S/C19H25N3O4/c1-5-10-20(11-15-8-6-14(4)7-9-15)16(23)12-21-17(24)18(25)22(13(2)3)19(21)26/h6-9,13H,5,10-12H2,1-4H3. The van der Waals surface area contributed by atoms with Crippen LogP contribution in [-0.4, -0.2) is 57.6 Å². The topological polar surface area (TPSA) is 78.0 Å². The molecule has 1 aromatic rings. The summed E-state index contributed by atoms with van der Waals surface area (Å²) in [5.74, 6) is -2.17. The minimum Gasteiger partial charge on any atom is -0.337 e. The predicted octanol–water partition coefficient (Wildman–Crippen LogP) is 1.93. The zero-order valence-electron chi connectivity index (χ0n) is 15.7. The average molecular weight is 359 g/mol. The van der Waals surface area contributed by atoms with Crippen molar-refractivity contribution in [2.45, 2.75) is 46.7 Å². The number of benzene rings is 1. The van der Waals surface area contributed by atoms with E-state index in [2.05, 4.69) is 0 Å². The maximum absolute atomic E-state index is 12.7. The average Bonchev–Trinajstić information content (AvgIpc) is 2.79. The molecule has 1 heterocycles. The largest absolute Gasteiger partial charge is 0.337 e. The van der Waals surface area contributed by atoms with Crippen molar-refractivity contribution >= 4 is 23.8 Å². The number of hydrogen-bond acceptors (Lipinski definition) is 4. The minimum atomic E-state index is -0.941. The van der Waals surface area contributed by atoms with Gasteiger partial charge in [0.25, 0.3) is 0 Å². The monoisotopic (exact) mass is 359 g/mol. The number of urea groups is 1. The zero-order chi connectivity index (χ0) is 19.4. The lowest BCUT2D eigenvalue weighted by Gasteiger charge is -2.25. The van der Waals surface area contributed by atoms with Gasteiger partial charge in [0.1, 0.15) is 6.54 Å². The number of carbonyl (C=O) groups excluding carboxylic acids is 4. The molecule has 0 N–H and O–H groups in total. The summed E-state index contributed by atoms with van der Waals surface area (Å²) in [4.78, 5) is 52.3. The Morgan fingerprint density at radius 2 is 1.69 bits per heavy atom. The molecule has 0 saturated carbocycles. The van der Waals surface area contributed by atoms with Crippen LogP contribution in [0.25, 0.3) is 0 Å². The van der Waals surface area contributed by atoms with Crippen LogP contribution < -0.4 is 0 Å². The van der Waals surface area contributed by atoms with Gasteiger partial charge in [0.15, 0.2) is 0 Å². The maximum atomic E-state index is 12.7. The van der Waals surface area contributed by atoms with Gasteiger partial charge in [0.2, 0.25) is 5.91 Å². The minimum absolute atomic E-state index is 0.354. The molecule has 0 radical (unpaired) electrons. The lowest BCUT2D eigenvalue weighted by molar-refractivity contribution is -0.145. The highest BCUT2D eigenvalue weighted by atomic mass is 16.2. The summed E-state index contributed by atoms with van der Waals surface area (Å²) < 4.78 is 0. The van der Waals surface area contributed by atoms with Crippen LogP contribution in [0.4, 0.5) is 4.79 Å². The molecular weight excluding hydrogens is 334 g/mol. The maximum Gasteiger partial charge on any atom is 0.334 e. The molecule has 7 heteroatoms. The number of rotatable bonds is 7. The number of imide groups is 2. The van der Waals surface area contributed by atoms with Crippen molar-refractivity contribution in [1.29, 1.82) is 0 Å². The Morgan fingerprint density at radius 1 is 1.08 bits per heavy atom. The van der Waals surface area contributed by atoms with Crippen LogP contribution in [-0.2, 0) is 20.9 Å². The van der Waals surface area contributed by atoms with Crippen LogP contribution in [0, 0.1) is 6.92 Å². The molecule has 26 heavy (non-hydrogen) atoms. The van der Waals surface area contributed by atoms with Crippen molar-refractivity contribution in [1.82, 2.24) is 14.7 Å². The number of carbonyl (C=O) groups is 4. The molecule has 0 atom stereocenters. The van der Waals surface area contributed by atoms with Gasteiger partial charge in [0.05, 0.1) is 0 Å². The SMILES string of the molecule is CCCN(Cc1ccc(C)cc1)C(=O)CN1C(=O)C(=O)N(C(C)C)C1=O. The number of hydrogen-bond donors (Lipinski definition) is 0. The summed E-state index contributed by atoms with van der Waals surface area (Å²) in [5.41, 5.74) is 2.10.